The molecule has 2 aliphatic rings. The number of non-ortho nitro benzene ring substituents is 1. The minimum absolute atomic E-state index is 0.0000383. The number of aromatic nitrogens is 1. The fourth-order valence-corrected chi connectivity index (χ4v) is 5.58. The van der Waals surface area contributed by atoms with Crippen LogP contribution in [0.1, 0.15) is 51.7 Å². The summed E-state index contributed by atoms with van der Waals surface area (Å²) in [5.41, 5.74) is 3.91. The van der Waals surface area contributed by atoms with Gasteiger partial charge in [-0.2, -0.15) is 0 Å². The number of nitro groups is 1. The van der Waals surface area contributed by atoms with Crippen LogP contribution in [0.5, 0.6) is 0 Å². The highest BCUT2D eigenvalue weighted by molar-refractivity contribution is 5.90. The van der Waals surface area contributed by atoms with E-state index in [1.165, 1.54) is 17.7 Å². The Labute approximate surface area is 228 Å². The predicted octanol–water partition coefficient (Wildman–Crippen LogP) is 4.87. The Bertz CT molecular complexity index is 1390. The molecule has 2 heterocycles. The van der Waals surface area contributed by atoms with E-state index in [-0.39, 0.29) is 34.9 Å². The number of nitrogens with one attached hydrogen (secondary N) is 2. The number of aromatic amines is 1. The zero-order chi connectivity index (χ0) is 27.9. The summed E-state index contributed by atoms with van der Waals surface area (Å²) in [6.45, 7) is 10.1. The average Bonchev–Trinajstić information content (AvgIpc) is 3.68. The van der Waals surface area contributed by atoms with Gasteiger partial charge < -0.3 is 20.1 Å². The van der Waals surface area contributed by atoms with Gasteiger partial charge in [0.15, 0.2) is 0 Å². The molecule has 1 aliphatic heterocycles. The second-order valence-corrected chi connectivity index (χ2v) is 11.9. The number of hydrogen-bond acceptors (Lipinski definition) is 5. The first-order valence-corrected chi connectivity index (χ1v) is 13.7. The van der Waals surface area contributed by atoms with Gasteiger partial charge in [-0.1, -0.05) is 39.0 Å². The lowest BCUT2D eigenvalue weighted by Gasteiger charge is -2.41. The van der Waals surface area contributed by atoms with E-state index >= 15 is 0 Å². The summed E-state index contributed by atoms with van der Waals surface area (Å²) in [7, 11) is 0. The Morgan fingerprint density at radius 2 is 1.85 bits per heavy atom. The van der Waals surface area contributed by atoms with Crippen molar-refractivity contribution in [2.45, 2.75) is 64.5 Å². The molecule has 9 nitrogen and oxygen atoms in total. The monoisotopic (exact) mass is 531 g/mol. The molecular formula is C30H37N5O4. The Balaban J connectivity index is 1.41. The van der Waals surface area contributed by atoms with Crippen LogP contribution in [0.3, 0.4) is 0 Å². The second kappa shape index (κ2) is 10.4. The first kappa shape index (κ1) is 26.7. The van der Waals surface area contributed by atoms with Gasteiger partial charge in [0.25, 0.3) is 5.69 Å². The molecule has 1 aliphatic carbocycles. The maximum Gasteiger partial charge on any atom is 0.269 e. The fourth-order valence-electron chi connectivity index (χ4n) is 5.58. The van der Waals surface area contributed by atoms with E-state index in [4.69, 9.17) is 0 Å². The first-order chi connectivity index (χ1) is 18.5. The number of anilines is 1. The van der Waals surface area contributed by atoms with Crippen LogP contribution < -0.4 is 5.32 Å². The number of nitro benzene ring substituents is 1. The number of benzene rings is 2. The molecule has 2 unspecified atom stereocenters. The van der Waals surface area contributed by atoms with Crippen LogP contribution in [-0.4, -0.2) is 63.2 Å². The van der Waals surface area contributed by atoms with Gasteiger partial charge in [-0.25, -0.2) is 0 Å². The highest BCUT2D eigenvalue weighted by Gasteiger charge is 2.39. The van der Waals surface area contributed by atoms with Crippen molar-refractivity contribution >= 4 is 34.1 Å². The maximum absolute atomic E-state index is 14.0. The van der Waals surface area contributed by atoms with Gasteiger partial charge in [-0.05, 0) is 48.4 Å². The number of hydrogen-bond donors (Lipinski definition) is 2. The summed E-state index contributed by atoms with van der Waals surface area (Å²) in [5.74, 6) is 0.328. The molecule has 1 saturated carbocycles. The Kier molecular flexibility index (Phi) is 7.09. The van der Waals surface area contributed by atoms with Crippen LogP contribution in [0, 0.1) is 16.0 Å². The predicted molar refractivity (Wildman–Crippen MR) is 152 cm³/mol. The molecule has 39 heavy (non-hydrogen) atoms. The van der Waals surface area contributed by atoms with Crippen LogP contribution >= 0.6 is 0 Å². The van der Waals surface area contributed by atoms with E-state index in [1.54, 1.807) is 12.1 Å². The molecule has 2 amide bonds. The summed E-state index contributed by atoms with van der Waals surface area (Å²) in [5, 5.41) is 15.6. The molecule has 1 saturated heterocycles. The molecule has 2 fully saturated rings. The van der Waals surface area contributed by atoms with Gasteiger partial charge in [0, 0.05) is 72.9 Å². The smallest absolute Gasteiger partial charge is 0.269 e. The number of H-pyrrole nitrogens is 1. The number of fused-ring (bicyclic) bond motifs is 1. The molecule has 0 bridgehead atoms. The van der Waals surface area contributed by atoms with Crippen molar-refractivity contribution in [1.29, 1.82) is 0 Å². The summed E-state index contributed by atoms with van der Waals surface area (Å²) in [6, 6.07) is 11.8. The third-order valence-electron chi connectivity index (χ3n) is 7.90. The van der Waals surface area contributed by atoms with E-state index in [2.05, 4.69) is 49.3 Å². The quantitative estimate of drug-likeness (QED) is 0.334. The Hall–Kier alpha value is -3.88. The number of carbonyl (C=O) groups excluding carboxylic acids is 2. The summed E-state index contributed by atoms with van der Waals surface area (Å²) in [4.78, 5) is 44.6. The molecule has 0 spiro atoms. The molecule has 1 aromatic heterocycles. The molecule has 2 atom stereocenters. The Morgan fingerprint density at radius 3 is 2.46 bits per heavy atom. The van der Waals surface area contributed by atoms with Crippen molar-refractivity contribution in [3.8, 4) is 0 Å². The number of rotatable bonds is 7. The zero-order valence-electron chi connectivity index (χ0n) is 23.1. The van der Waals surface area contributed by atoms with E-state index < -0.39 is 11.0 Å². The molecule has 206 valence electrons. The normalized spacial score (nSPS) is 18.7. The standard InChI is InChI=1S/C30H37N5O4/c1-19-18-33(14-15-34(19)28(36)20-8-9-20)29(37)26(32-22-10-12-23(13-11-22)35(38)39)16-21-17-31-27-24(21)6-5-7-25(27)30(2,3)4/h5-7,10-13,17,19-20,26,31-32H,8-9,14-16,18H2,1-4H3. The van der Waals surface area contributed by atoms with E-state index in [0.717, 1.165) is 29.3 Å². The number of para-hydroxylation sites is 1. The van der Waals surface area contributed by atoms with E-state index in [1.807, 2.05) is 22.9 Å². The van der Waals surface area contributed by atoms with Crippen molar-refractivity contribution < 1.29 is 14.5 Å². The minimum atomic E-state index is -0.582. The molecule has 2 aromatic carbocycles. The van der Waals surface area contributed by atoms with E-state index in [9.17, 15) is 19.7 Å². The number of carbonyl (C=O) groups is 2. The lowest BCUT2D eigenvalue weighted by molar-refractivity contribution is -0.384. The van der Waals surface area contributed by atoms with Crippen molar-refractivity contribution in [2.24, 2.45) is 5.92 Å². The number of amides is 2. The summed E-state index contributed by atoms with van der Waals surface area (Å²) < 4.78 is 0. The van der Waals surface area contributed by atoms with Crippen LogP contribution in [-0.2, 0) is 21.4 Å². The largest absolute Gasteiger partial charge is 0.373 e. The minimum Gasteiger partial charge on any atom is -0.373 e. The lowest BCUT2D eigenvalue weighted by atomic mass is 9.85. The van der Waals surface area contributed by atoms with Gasteiger partial charge in [0.05, 0.1) is 4.92 Å². The molecule has 2 N–H and O–H groups in total. The van der Waals surface area contributed by atoms with E-state index in [0.29, 0.717) is 31.7 Å². The maximum atomic E-state index is 14.0. The van der Waals surface area contributed by atoms with Gasteiger partial charge in [0.2, 0.25) is 11.8 Å². The molecule has 3 aromatic rings. The Morgan fingerprint density at radius 1 is 1.13 bits per heavy atom. The van der Waals surface area contributed by atoms with Crippen LogP contribution in [0.15, 0.2) is 48.7 Å². The van der Waals surface area contributed by atoms with Gasteiger partial charge >= 0.3 is 0 Å². The van der Waals surface area contributed by atoms with Crippen LogP contribution in [0.4, 0.5) is 11.4 Å². The molecule has 9 heteroatoms. The van der Waals surface area contributed by atoms with Crippen molar-refractivity contribution in [3.05, 3.63) is 69.9 Å². The van der Waals surface area contributed by atoms with Crippen molar-refractivity contribution in [3.63, 3.8) is 0 Å². The van der Waals surface area contributed by atoms with Gasteiger partial charge in [0.1, 0.15) is 6.04 Å². The molecule has 0 radical (unpaired) electrons. The summed E-state index contributed by atoms with van der Waals surface area (Å²) >= 11 is 0. The molecule has 5 rings (SSSR count). The highest BCUT2D eigenvalue weighted by atomic mass is 16.6. The third-order valence-corrected chi connectivity index (χ3v) is 7.90. The summed E-state index contributed by atoms with van der Waals surface area (Å²) in [6.07, 6.45) is 4.35. The average molecular weight is 532 g/mol. The first-order valence-electron chi connectivity index (χ1n) is 13.7. The molecular weight excluding hydrogens is 494 g/mol. The number of nitrogens with zero attached hydrogens (tertiary/aromatic N) is 3. The lowest BCUT2D eigenvalue weighted by Crippen LogP contribution is -2.58. The van der Waals surface area contributed by atoms with Crippen LogP contribution in [0.25, 0.3) is 10.9 Å². The van der Waals surface area contributed by atoms with Gasteiger partial charge in [-0.3, -0.25) is 19.7 Å². The van der Waals surface area contributed by atoms with Crippen molar-refractivity contribution in [2.75, 3.05) is 25.0 Å². The highest BCUT2D eigenvalue weighted by Crippen LogP contribution is 2.33. The zero-order valence-corrected chi connectivity index (χ0v) is 23.1. The fraction of sp³-hybridized carbons (Fsp3) is 0.467. The second-order valence-electron chi connectivity index (χ2n) is 11.9. The van der Waals surface area contributed by atoms with Gasteiger partial charge in [-0.15, -0.1) is 0 Å². The topological polar surface area (TPSA) is 112 Å². The third kappa shape index (κ3) is 5.62. The van der Waals surface area contributed by atoms with Crippen LogP contribution in [0.2, 0.25) is 0 Å². The van der Waals surface area contributed by atoms with Crippen molar-refractivity contribution in [1.82, 2.24) is 14.8 Å². The SMILES string of the molecule is CC1CN(C(=O)C(Cc2c[nH]c3c(C(C)(C)C)cccc23)Nc2ccc([N+](=O)[O-])cc2)CCN1C(=O)C1CC1. The number of piperazine rings is 1.